The van der Waals surface area contributed by atoms with Gasteiger partial charge in [0.05, 0.1) is 6.26 Å². The van der Waals surface area contributed by atoms with Gasteiger partial charge < -0.3 is 9.84 Å². The normalized spacial score (nSPS) is 11.3. The Morgan fingerprint density at radius 3 is 2.43 bits per heavy atom. The van der Waals surface area contributed by atoms with Crippen molar-refractivity contribution in [1.82, 2.24) is 5.16 Å². The first-order chi connectivity index (χ1) is 10.8. The number of amides is 1. The van der Waals surface area contributed by atoms with E-state index in [0.717, 1.165) is 16.1 Å². The fourth-order valence-electron chi connectivity index (χ4n) is 1.98. The van der Waals surface area contributed by atoms with Crippen molar-refractivity contribution in [2.24, 2.45) is 0 Å². The molecule has 2 rings (SSSR count). The zero-order chi connectivity index (χ0) is 17.0. The molecule has 0 aliphatic carbocycles. The molecule has 0 aliphatic rings. The lowest BCUT2D eigenvalue weighted by atomic mass is 10.2. The third-order valence-corrected chi connectivity index (χ3v) is 4.32. The van der Waals surface area contributed by atoms with Crippen LogP contribution in [0.15, 0.2) is 34.9 Å². The highest BCUT2D eigenvalue weighted by atomic mass is 32.2. The van der Waals surface area contributed by atoms with Crippen molar-refractivity contribution in [2.75, 3.05) is 22.4 Å². The molecule has 1 heterocycles. The Morgan fingerprint density at radius 2 is 1.91 bits per heavy atom. The Morgan fingerprint density at radius 1 is 1.26 bits per heavy atom. The van der Waals surface area contributed by atoms with Gasteiger partial charge in [-0.25, -0.2) is 8.42 Å². The molecule has 0 aliphatic heterocycles. The van der Waals surface area contributed by atoms with Crippen molar-refractivity contribution < 1.29 is 17.7 Å². The van der Waals surface area contributed by atoms with Gasteiger partial charge in [-0.05, 0) is 26.0 Å². The van der Waals surface area contributed by atoms with Crippen LogP contribution in [0, 0.1) is 13.8 Å². The maximum Gasteiger partial charge on any atom is 0.233 e. The summed E-state index contributed by atoms with van der Waals surface area (Å²) in [6.45, 7) is 3.61. The maximum absolute atomic E-state index is 12.0. The Bertz CT molecular complexity index is 781. The smallest absolute Gasteiger partial charge is 0.233 e. The highest BCUT2D eigenvalue weighted by Gasteiger charge is 2.21. The molecule has 1 amide bonds. The van der Waals surface area contributed by atoms with Crippen molar-refractivity contribution in [3.05, 3.63) is 41.7 Å². The minimum Gasteiger partial charge on any atom is -0.360 e. The van der Waals surface area contributed by atoms with Crippen LogP contribution in [0.25, 0.3) is 0 Å². The fourth-order valence-corrected chi connectivity index (χ4v) is 2.83. The van der Waals surface area contributed by atoms with E-state index in [4.69, 9.17) is 4.52 Å². The number of nitrogens with one attached hydrogen (secondary N) is 1. The predicted octanol–water partition coefficient (Wildman–Crippen LogP) is 2.09. The van der Waals surface area contributed by atoms with Gasteiger partial charge in [0.15, 0.2) is 5.82 Å². The fraction of sp³-hybridized carbons (Fsp3) is 0.333. The molecular formula is C15H19N3O4S. The van der Waals surface area contributed by atoms with E-state index in [-0.39, 0.29) is 24.7 Å². The van der Waals surface area contributed by atoms with Gasteiger partial charge in [-0.15, -0.1) is 0 Å². The van der Waals surface area contributed by atoms with Crippen LogP contribution >= 0.6 is 0 Å². The zero-order valence-corrected chi connectivity index (χ0v) is 14.1. The summed E-state index contributed by atoms with van der Waals surface area (Å²) in [4.78, 5) is 12.0. The summed E-state index contributed by atoms with van der Waals surface area (Å²) < 4.78 is 29.7. The Hall–Kier alpha value is -2.35. The SMILES string of the molecule is Cc1ccc(NC(=O)CCN(c2cc(C)on2)S(C)(=O)=O)cc1. The molecule has 0 unspecified atom stereocenters. The lowest BCUT2D eigenvalue weighted by Gasteiger charge is -2.18. The summed E-state index contributed by atoms with van der Waals surface area (Å²) in [7, 11) is -3.55. The minimum atomic E-state index is -3.55. The third kappa shape index (κ3) is 4.82. The Kier molecular flexibility index (Phi) is 5.05. The molecular weight excluding hydrogens is 318 g/mol. The highest BCUT2D eigenvalue weighted by Crippen LogP contribution is 2.17. The molecule has 0 radical (unpaired) electrons. The van der Waals surface area contributed by atoms with Crippen molar-refractivity contribution >= 4 is 27.4 Å². The van der Waals surface area contributed by atoms with E-state index in [1.54, 1.807) is 19.1 Å². The summed E-state index contributed by atoms with van der Waals surface area (Å²) in [5.41, 5.74) is 1.76. The van der Waals surface area contributed by atoms with E-state index in [9.17, 15) is 13.2 Å². The molecule has 0 atom stereocenters. The molecule has 8 heteroatoms. The highest BCUT2D eigenvalue weighted by molar-refractivity contribution is 7.92. The number of rotatable bonds is 6. The first kappa shape index (κ1) is 17.0. The second-order valence-electron chi connectivity index (χ2n) is 5.30. The summed E-state index contributed by atoms with van der Waals surface area (Å²) in [6.07, 6.45) is 1.07. The molecule has 7 nitrogen and oxygen atoms in total. The Balaban J connectivity index is 2.01. The van der Waals surface area contributed by atoms with E-state index in [0.29, 0.717) is 11.4 Å². The van der Waals surface area contributed by atoms with Gasteiger partial charge in [0.25, 0.3) is 0 Å². The molecule has 124 valence electrons. The van der Waals surface area contributed by atoms with Crippen molar-refractivity contribution in [3.8, 4) is 0 Å². The molecule has 0 bridgehead atoms. The molecule has 0 saturated heterocycles. The van der Waals surface area contributed by atoms with Gasteiger partial charge in [0.2, 0.25) is 15.9 Å². The molecule has 1 N–H and O–H groups in total. The second kappa shape index (κ2) is 6.82. The second-order valence-corrected chi connectivity index (χ2v) is 7.20. The van der Waals surface area contributed by atoms with Gasteiger partial charge in [-0.1, -0.05) is 22.9 Å². The minimum absolute atomic E-state index is 0.00680. The van der Waals surface area contributed by atoms with Crippen LogP contribution in [-0.4, -0.2) is 32.3 Å². The van der Waals surface area contributed by atoms with E-state index in [1.807, 2.05) is 19.1 Å². The van der Waals surface area contributed by atoms with Gasteiger partial charge in [-0.2, -0.15) is 0 Å². The number of benzene rings is 1. The number of aryl methyl sites for hydroxylation is 2. The first-order valence-corrected chi connectivity index (χ1v) is 8.88. The lowest BCUT2D eigenvalue weighted by molar-refractivity contribution is -0.116. The number of hydrogen-bond donors (Lipinski definition) is 1. The number of carbonyl (C=O) groups is 1. The van der Waals surface area contributed by atoms with Crippen molar-refractivity contribution in [2.45, 2.75) is 20.3 Å². The van der Waals surface area contributed by atoms with Gasteiger partial charge >= 0.3 is 0 Å². The largest absolute Gasteiger partial charge is 0.360 e. The summed E-state index contributed by atoms with van der Waals surface area (Å²) in [5, 5.41) is 6.42. The molecule has 0 fully saturated rings. The lowest BCUT2D eigenvalue weighted by Crippen LogP contribution is -2.33. The quantitative estimate of drug-likeness (QED) is 0.871. The number of carbonyl (C=O) groups excluding carboxylic acids is 1. The molecule has 0 saturated carbocycles. The monoisotopic (exact) mass is 337 g/mol. The topological polar surface area (TPSA) is 92.5 Å². The number of aromatic nitrogens is 1. The number of sulfonamides is 1. The molecule has 1 aromatic carbocycles. The van der Waals surface area contributed by atoms with Crippen LogP contribution < -0.4 is 9.62 Å². The van der Waals surface area contributed by atoms with E-state index in [1.165, 1.54) is 6.07 Å². The average molecular weight is 337 g/mol. The molecule has 0 spiro atoms. The van der Waals surface area contributed by atoms with Crippen LogP contribution in [0.3, 0.4) is 0 Å². The summed E-state index contributed by atoms with van der Waals surface area (Å²) in [6, 6.07) is 8.87. The van der Waals surface area contributed by atoms with Gasteiger partial charge in [0, 0.05) is 24.7 Å². The van der Waals surface area contributed by atoms with Crippen LogP contribution in [0.2, 0.25) is 0 Å². The average Bonchev–Trinajstić information content (AvgIpc) is 2.86. The van der Waals surface area contributed by atoms with Crippen molar-refractivity contribution in [3.63, 3.8) is 0 Å². The number of hydrogen-bond acceptors (Lipinski definition) is 5. The molecule has 2 aromatic rings. The predicted molar refractivity (Wildman–Crippen MR) is 87.9 cm³/mol. The van der Waals surface area contributed by atoms with Crippen molar-refractivity contribution in [1.29, 1.82) is 0 Å². The van der Waals surface area contributed by atoms with Gasteiger partial charge in [0.1, 0.15) is 5.76 Å². The van der Waals surface area contributed by atoms with Gasteiger partial charge in [-0.3, -0.25) is 9.10 Å². The number of anilines is 2. The number of nitrogens with zero attached hydrogens (tertiary/aromatic N) is 2. The zero-order valence-electron chi connectivity index (χ0n) is 13.2. The van der Waals surface area contributed by atoms with Crippen LogP contribution in [0.5, 0.6) is 0 Å². The van der Waals surface area contributed by atoms with E-state index >= 15 is 0 Å². The van der Waals surface area contributed by atoms with E-state index < -0.39 is 10.0 Å². The first-order valence-electron chi connectivity index (χ1n) is 7.03. The standard InChI is InChI=1S/C15H19N3O4S/c1-11-4-6-13(7-5-11)16-15(19)8-9-18(23(3,20)21)14-10-12(2)22-17-14/h4-7,10H,8-9H2,1-3H3,(H,16,19). The maximum atomic E-state index is 12.0. The summed E-state index contributed by atoms with van der Waals surface area (Å²) >= 11 is 0. The molecule has 23 heavy (non-hydrogen) atoms. The molecule has 1 aromatic heterocycles. The Labute approximate surface area is 135 Å². The third-order valence-electron chi connectivity index (χ3n) is 3.15. The van der Waals surface area contributed by atoms with E-state index in [2.05, 4.69) is 10.5 Å². The van der Waals surface area contributed by atoms with Crippen LogP contribution in [-0.2, 0) is 14.8 Å². The summed E-state index contributed by atoms with van der Waals surface area (Å²) in [5.74, 6) is 0.397. The van der Waals surface area contributed by atoms with Crippen LogP contribution in [0.1, 0.15) is 17.7 Å². The van der Waals surface area contributed by atoms with Crippen LogP contribution in [0.4, 0.5) is 11.5 Å².